The van der Waals surface area contributed by atoms with Gasteiger partial charge in [-0.05, 0) is 44.0 Å². The molecule has 2 heterocycles. The van der Waals surface area contributed by atoms with Gasteiger partial charge in [-0.3, -0.25) is 0 Å². The van der Waals surface area contributed by atoms with E-state index in [4.69, 9.17) is 11.6 Å². The molecule has 6 nitrogen and oxygen atoms in total. The Labute approximate surface area is 153 Å². The van der Waals surface area contributed by atoms with E-state index < -0.39 is 9.84 Å². The molecule has 8 heteroatoms. The van der Waals surface area contributed by atoms with E-state index in [1.807, 2.05) is 36.9 Å². The molecule has 0 amide bonds. The third-order valence-corrected chi connectivity index (χ3v) is 6.58. The Morgan fingerprint density at radius 1 is 1.36 bits per heavy atom. The van der Waals surface area contributed by atoms with Crippen LogP contribution in [-0.2, 0) is 9.84 Å². The van der Waals surface area contributed by atoms with Crippen molar-refractivity contribution in [1.82, 2.24) is 9.97 Å². The fourth-order valence-corrected chi connectivity index (χ4v) is 4.93. The molecule has 0 spiro atoms. The van der Waals surface area contributed by atoms with Gasteiger partial charge in [0.2, 0.25) is 5.95 Å². The molecule has 0 radical (unpaired) electrons. The molecule has 1 aromatic heterocycles. The van der Waals surface area contributed by atoms with Gasteiger partial charge in [-0.25, -0.2) is 13.4 Å². The van der Waals surface area contributed by atoms with Gasteiger partial charge < -0.3 is 10.2 Å². The van der Waals surface area contributed by atoms with Gasteiger partial charge in [0.25, 0.3) is 0 Å². The third-order valence-electron chi connectivity index (χ3n) is 4.42. The smallest absolute Gasteiger partial charge is 0.227 e. The Morgan fingerprint density at radius 3 is 2.84 bits per heavy atom. The second kappa shape index (κ2) is 7.17. The second-order valence-corrected chi connectivity index (χ2v) is 8.76. The summed E-state index contributed by atoms with van der Waals surface area (Å²) in [6.07, 6.45) is 2.29. The molecule has 0 aliphatic carbocycles. The summed E-state index contributed by atoms with van der Waals surface area (Å²) in [6, 6.07) is 7.36. The maximum atomic E-state index is 11.8. The Morgan fingerprint density at radius 2 is 2.16 bits per heavy atom. The summed E-state index contributed by atoms with van der Waals surface area (Å²) in [4.78, 5) is 10.9. The minimum atomic E-state index is -2.96. The summed E-state index contributed by atoms with van der Waals surface area (Å²) in [6.45, 7) is 4.57. The molecule has 1 aromatic carbocycles. The van der Waals surface area contributed by atoms with Gasteiger partial charge in [0.1, 0.15) is 5.82 Å². The van der Waals surface area contributed by atoms with Crippen LogP contribution >= 0.6 is 11.6 Å². The molecular formula is C17H21ClN4O2S. The summed E-state index contributed by atoms with van der Waals surface area (Å²) < 4.78 is 23.6. The van der Waals surface area contributed by atoms with E-state index in [9.17, 15) is 8.42 Å². The zero-order valence-electron chi connectivity index (χ0n) is 14.2. The fourth-order valence-electron chi connectivity index (χ4n) is 3.02. The van der Waals surface area contributed by atoms with E-state index in [1.165, 1.54) is 0 Å². The molecule has 0 saturated carbocycles. The van der Waals surface area contributed by atoms with Crippen molar-refractivity contribution in [2.24, 2.45) is 0 Å². The van der Waals surface area contributed by atoms with Crippen LogP contribution in [0.3, 0.4) is 0 Å². The first-order valence-corrected chi connectivity index (χ1v) is 10.4. The predicted molar refractivity (Wildman–Crippen MR) is 102 cm³/mol. The number of nitrogens with one attached hydrogen (secondary N) is 1. The number of halogens is 1. The van der Waals surface area contributed by atoms with E-state index in [0.29, 0.717) is 29.8 Å². The van der Waals surface area contributed by atoms with E-state index in [-0.39, 0.29) is 17.5 Å². The van der Waals surface area contributed by atoms with Crippen LogP contribution < -0.4 is 10.2 Å². The number of hydrogen-bond acceptors (Lipinski definition) is 6. The first-order chi connectivity index (χ1) is 11.9. The highest BCUT2D eigenvalue weighted by Crippen LogP contribution is 2.27. The number of anilines is 3. The minimum Gasteiger partial charge on any atom is -0.340 e. The average molecular weight is 381 g/mol. The number of nitrogens with zero attached hydrogens (tertiary/aromatic N) is 3. The van der Waals surface area contributed by atoms with Crippen LogP contribution in [0.25, 0.3) is 0 Å². The van der Waals surface area contributed by atoms with Crippen LogP contribution in [0.1, 0.15) is 18.9 Å². The first-order valence-electron chi connectivity index (χ1n) is 8.22. The highest BCUT2D eigenvalue weighted by atomic mass is 35.5. The number of hydrogen-bond donors (Lipinski definition) is 1. The monoisotopic (exact) mass is 380 g/mol. The Hall–Kier alpha value is -1.86. The van der Waals surface area contributed by atoms with Crippen molar-refractivity contribution in [3.63, 3.8) is 0 Å². The van der Waals surface area contributed by atoms with Crippen LogP contribution in [0.5, 0.6) is 0 Å². The predicted octanol–water partition coefficient (Wildman–Crippen LogP) is 3.20. The normalized spacial score (nSPS) is 18.9. The van der Waals surface area contributed by atoms with Crippen LogP contribution in [-0.4, -0.2) is 42.5 Å². The largest absolute Gasteiger partial charge is 0.340 e. The molecule has 1 aliphatic rings. The van der Waals surface area contributed by atoms with Crippen molar-refractivity contribution in [3.05, 3.63) is 41.0 Å². The van der Waals surface area contributed by atoms with Crippen molar-refractivity contribution in [1.29, 1.82) is 0 Å². The summed E-state index contributed by atoms with van der Waals surface area (Å²) >= 11 is 6.16. The van der Waals surface area contributed by atoms with Crippen LogP contribution in [0.15, 0.2) is 30.5 Å². The Bertz CT molecular complexity index is 873. The molecule has 1 atom stereocenters. The van der Waals surface area contributed by atoms with Gasteiger partial charge in [0.05, 0.1) is 11.5 Å². The van der Waals surface area contributed by atoms with Gasteiger partial charge in [-0.2, -0.15) is 4.98 Å². The average Bonchev–Trinajstić information content (AvgIpc) is 2.93. The lowest BCUT2D eigenvalue weighted by Crippen LogP contribution is -2.37. The van der Waals surface area contributed by atoms with Crippen molar-refractivity contribution < 1.29 is 8.42 Å². The van der Waals surface area contributed by atoms with E-state index >= 15 is 0 Å². The van der Waals surface area contributed by atoms with Gasteiger partial charge in [0.15, 0.2) is 9.84 Å². The summed E-state index contributed by atoms with van der Waals surface area (Å²) in [5.41, 5.74) is 1.82. The third kappa shape index (κ3) is 4.04. The van der Waals surface area contributed by atoms with Crippen LogP contribution in [0.2, 0.25) is 5.02 Å². The number of benzene rings is 1. The molecular weight excluding hydrogens is 360 g/mol. The van der Waals surface area contributed by atoms with Gasteiger partial charge >= 0.3 is 0 Å². The molecule has 1 saturated heterocycles. The second-order valence-electron chi connectivity index (χ2n) is 6.12. The van der Waals surface area contributed by atoms with E-state index in [2.05, 4.69) is 15.3 Å². The van der Waals surface area contributed by atoms with Crippen molar-refractivity contribution in [2.45, 2.75) is 26.3 Å². The molecule has 25 heavy (non-hydrogen) atoms. The number of rotatable bonds is 5. The van der Waals surface area contributed by atoms with Crippen LogP contribution in [0, 0.1) is 6.92 Å². The van der Waals surface area contributed by atoms with Crippen molar-refractivity contribution >= 4 is 38.9 Å². The van der Waals surface area contributed by atoms with Crippen molar-refractivity contribution in [2.75, 3.05) is 28.3 Å². The van der Waals surface area contributed by atoms with E-state index in [1.54, 1.807) is 12.3 Å². The van der Waals surface area contributed by atoms with Crippen LogP contribution in [0.4, 0.5) is 17.5 Å². The summed E-state index contributed by atoms with van der Waals surface area (Å²) in [7, 11) is -2.96. The molecule has 1 unspecified atom stereocenters. The molecule has 0 bridgehead atoms. The molecule has 134 valence electrons. The molecule has 1 N–H and O–H groups in total. The topological polar surface area (TPSA) is 75.2 Å². The highest BCUT2D eigenvalue weighted by molar-refractivity contribution is 7.91. The lowest BCUT2D eigenvalue weighted by atomic mass is 10.2. The molecule has 1 fully saturated rings. The zero-order chi connectivity index (χ0) is 18.0. The fraction of sp³-hybridized carbons (Fsp3) is 0.412. The lowest BCUT2D eigenvalue weighted by Gasteiger charge is -2.27. The maximum Gasteiger partial charge on any atom is 0.227 e. The van der Waals surface area contributed by atoms with Gasteiger partial charge in [-0.15, -0.1) is 0 Å². The number of aromatic nitrogens is 2. The summed E-state index contributed by atoms with van der Waals surface area (Å²) in [5.74, 6) is 1.58. The minimum absolute atomic E-state index is 0.0712. The molecule has 1 aliphatic heterocycles. The Kier molecular flexibility index (Phi) is 5.15. The van der Waals surface area contributed by atoms with E-state index in [0.717, 1.165) is 11.3 Å². The first kappa shape index (κ1) is 17.9. The van der Waals surface area contributed by atoms with Gasteiger partial charge in [0, 0.05) is 29.5 Å². The molecule has 3 rings (SSSR count). The van der Waals surface area contributed by atoms with Crippen molar-refractivity contribution in [3.8, 4) is 0 Å². The standard InChI is InChI=1S/C17H21ClN4O2S/c1-3-22(13-8-10-25(23,24)11-13)17-19-9-7-16(21-17)20-15-6-4-5-14(18)12(15)2/h4-7,9,13H,3,8,10-11H2,1-2H3,(H,19,20,21). The number of sulfone groups is 1. The zero-order valence-corrected chi connectivity index (χ0v) is 15.8. The molecule has 2 aromatic rings. The highest BCUT2D eigenvalue weighted by Gasteiger charge is 2.32. The lowest BCUT2D eigenvalue weighted by molar-refractivity contribution is 0.599. The maximum absolute atomic E-state index is 11.8. The Balaban J connectivity index is 1.84. The summed E-state index contributed by atoms with van der Waals surface area (Å²) in [5, 5.41) is 3.94. The SMILES string of the molecule is CCN(c1nccc(Nc2cccc(Cl)c2C)n1)C1CCS(=O)(=O)C1. The van der Waals surface area contributed by atoms with Gasteiger partial charge in [-0.1, -0.05) is 17.7 Å². The quantitative estimate of drug-likeness (QED) is 0.858.